The van der Waals surface area contributed by atoms with E-state index >= 15 is 0 Å². The molecule has 2 nitrogen and oxygen atoms in total. The molecule has 21 heavy (non-hydrogen) atoms. The molecule has 2 aromatic rings. The summed E-state index contributed by atoms with van der Waals surface area (Å²) in [6, 6.07) is 12.4. The molecule has 0 atom stereocenters. The minimum absolute atomic E-state index is 0.286. The largest absolute Gasteiger partial charge is 0.389 e. The average Bonchev–Trinajstić information content (AvgIpc) is 2.43. The summed E-state index contributed by atoms with van der Waals surface area (Å²) in [6.07, 6.45) is 0. The highest BCUT2D eigenvalue weighted by atomic mass is 35.5. The molecule has 0 saturated carbocycles. The Kier molecular flexibility index (Phi) is 5.28. The molecule has 0 aliphatic rings. The predicted octanol–water partition coefficient (Wildman–Crippen LogP) is 3.75. The van der Waals surface area contributed by atoms with Crippen molar-refractivity contribution in [3.63, 3.8) is 0 Å². The normalized spacial score (nSPS) is 10.9. The smallest absolute Gasteiger partial charge is 0.129 e. The molecule has 0 aliphatic heterocycles. The Morgan fingerprint density at radius 2 is 1.95 bits per heavy atom. The van der Waals surface area contributed by atoms with Crippen LogP contribution in [0.1, 0.15) is 16.7 Å². The van der Waals surface area contributed by atoms with E-state index in [1.54, 1.807) is 12.1 Å². The van der Waals surface area contributed by atoms with Gasteiger partial charge in [-0.1, -0.05) is 48.1 Å². The van der Waals surface area contributed by atoms with E-state index in [2.05, 4.69) is 0 Å². The number of nitrogens with two attached hydrogens (primary N) is 1. The zero-order chi connectivity index (χ0) is 15.4. The second kappa shape index (κ2) is 6.98. The Morgan fingerprint density at radius 1 is 1.24 bits per heavy atom. The number of hydrogen-bond acceptors (Lipinski definition) is 2. The predicted molar refractivity (Wildman–Crippen MR) is 88.9 cm³/mol. The summed E-state index contributed by atoms with van der Waals surface area (Å²) in [5.41, 5.74) is 8.03. The fourth-order valence-corrected chi connectivity index (χ4v) is 2.49. The number of rotatable bonds is 5. The molecule has 0 unspecified atom stereocenters. The van der Waals surface area contributed by atoms with Crippen molar-refractivity contribution in [2.45, 2.75) is 13.1 Å². The van der Waals surface area contributed by atoms with Crippen molar-refractivity contribution in [2.75, 3.05) is 7.05 Å². The molecule has 110 valence electrons. The van der Waals surface area contributed by atoms with E-state index in [0.29, 0.717) is 28.7 Å². The van der Waals surface area contributed by atoms with Gasteiger partial charge in [-0.2, -0.15) is 0 Å². The average molecular weight is 323 g/mol. The van der Waals surface area contributed by atoms with E-state index in [9.17, 15) is 4.39 Å². The SMILES string of the molecule is CN(Cc1cccc(C(N)=S)c1)Cc1c(F)cccc1Cl. The molecule has 2 rings (SSSR count). The Morgan fingerprint density at radius 3 is 2.62 bits per heavy atom. The maximum absolute atomic E-state index is 13.8. The van der Waals surface area contributed by atoms with Crippen molar-refractivity contribution in [3.8, 4) is 0 Å². The van der Waals surface area contributed by atoms with Crippen molar-refractivity contribution in [2.24, 2.45) is 5.73 Å². The monoisotopic (exact) mass is 322 g/mol. The highest BCUT2D eigenvalue weighted by molar-refractivity contribution is 7.80. The van der Waals surface area contributed by atoms with Crippen molar-refractivity contribution < 1.29 is 4.39 Å². The van der Waals surface area contributed by atoms with Crippen LogP contribution in [0.2, 0.25) is 5.02 Å². The van der Waals surface area contributed by atoms with E-state index in [4.69, 9.17) is 29.6 Å². The first-order valence-corrected chi connectivity index (χ1v) is 7.26. The molecule has 2 aromatic carbocycles. The molecule has 5 heteroatoms. The number of nitrogens with zero attached hydrogens (tertiary/aromatic N) is 1. The van der Waals surface area contributed by atoms with E-state index in [1.807, 2.05) is 36.2 Å². The molecule has 0 saturated heterocycles. The van der Waals surface area contributed by atoms with Crippen molar-refractivity contribution >= 4 is 28.8 Å². The van der Waals surface area contributed by atoms with Crippen molar-refractivity contribution in [1.29, 1.82) is 0 Å². The fourth-order valence-electron chi connectivity index (χ4n) is 2.14. The topological polar surface area (TPSA) is 29.3 Å². The lowest BCUT2D eigenvalue weighted by Crippen LogP contribution is -2.19. The maximum Gasteiger partial charge on any atom is 0.129 e. The molecule has 0 amide bonds. The van der Waals surface area contributed by atoms with Crippen LogP contribution in [0.4, 0.5) is 4.39 Å². The number of halogens is 2. The van der Waals surface area contributed by atoms with Crippen molar-refractivity contribution in [3.05, 3.63) is 70.0 Å². The van der Waals surface area contributed by atoms with Gasteiger partial charge in [-0.05, 0) is 30.8 Å². The van der Waals surface area contributed by atoms with Gasteiger partial charge < -0.3 is 5.73 Å². The van der Waals surface area contributed by atoms with E-state index in [1.165, 1.54) is 6.07 Å². The molecule has 0 heterocycles. The summed E-state index contributed by atoms with van der Waals surface area (Å²) in [4.78, 5) is 2.36. The summed E-state index contributed by atoms with van der Waals surface area (Å²) >= 11 is 11.0. The summed E-state index contributed by atoms with van der Waals surface area (Å²) in [5.74, 6) is -0.286. The summed E-state index contributed by atoms with van der Waals surface area (Å²) in [6.45, 7) is 1.09. The van der Waals surface area contributed by atoms with Gasteiger partial charge in [0.2, 0.25) is 0 Å². The molecule has 0 spiro atoms. The van der Waals surface area contributed by atoms with Crippen LogP contribution in [0, 0.1) is 5.82 Å². The minimum Gasteiger partial charge on any atom is -0.389 e. The van der Waals surface area contributed by atoms with Gasteiger partial charge >= 0.3 is 0 Å². The summed E-state index contributed by atoms with van der Waals surface area (Å²) in [5, 5.41) is 0.443. The van der Waals surface area contributed by atoms with Gasteiger partial charge in [0.25, 0.3) is 0 Å². The lowest BCUT2D eigenvalue weighted by Gasteiger charge is -2.18. The number of benzene rings is 2. The molecule has 0 aliphatic carbocycles. The highest BCUT2D eigenvalue weighted by Gasteiger charge is 2.10. The maximum atomic E-state index is 13.8. The third-order valence-corrected chi connectivity index (χ3v) is 3.74. The molecule has 2 N–H and O–H groups in total. The number of thiocarbonyl (C=S) groups is 1. The summed E-state index contributed by atoms with van der Waals surface area (Å²) < 4.78 is 13.8. The van der Waals surface area contributed by atoms with Gasteiger partial charge in [0, 0.05) is 29.2 Å². The molecule has 0 bridgehead atoms. The third-order valence-electron chi connectivity index (χ3n) is 3.15. The fraction of sp³-hybridized carbons (Fsp3) is 0.188. The van der Waals surface area contributed by atoms with E-state index < -0.39 is 0 Å². The lowest BCUT2D eigenvalue weighted by molar-refractivity contribution is 0.313. The van der Waals surface area contributed by atoms with Gasteiger partial charge in [0.05, 0.1) is 0 Å². The van der Waals surface area contributed by atoms with Crippen LogP contribution in [0.3, 0.4) is 0 Å². The first kappa shape index (κ1) is 15.9. The van der Waals surface area contributed by atoms with Gasteiger partial charge in [-0.15, -0.1) is 0 Å². The van der Waals surface area contributed by atoms with Crippen LogP contribution in [-0.4, -0.2) is 16.9 Å². The third kappa shape index (κ3) is 4.24. The molecular weight excluding hydrogens is 307 g/mol. The molecule has 0 radical (unpaired) electrons. The van der Waals surface area contributed by atoms with Gasteiger partial charge in [-0.25, -0.2) is 4.39 Å². The molecule has 0 fully saturated rings. The quantitative estimate of drug-likeness (QED) is 0.850. The minimum atomic E-state index is -0.286. The van der Waals surface area contributed by atoms with Crippen molar-refractivity contribution in [1.82, 2.24) is 4.90 Å². The summed E-state index contributed by atoms with van der Waals surface area (Å²) in [7, 11) is 1.91. The van der Waals surface area contributed by atoms with Crippen LogP contribution >= 0.6 is 23.8 Å². The van der Waals surface area contributed by atoms with E-state index in [-0.39, 0.29) is 5.82 Å². The van der Waals surface area contributed by atoms with Gasteiger partial charge in [-0.3, -0.25) is 4.90 Å². The second-order valence-electron chi connectivity index (χ2n) is 4.94. The first-order valence-electron chi connectivity index (χ1n) is 6.47. The van der Waals surface area contributed by atoms with Gasteiger partial charge in [0.1, 0.15) is 10.8 Å². The second-order valence-corrected chi connectivity index (χ2v) is 5.78. The van der Waals surface area contributed by atoms with Gasteiger partial charge in [0.15, 0.2) is 0 Å². The molecular formula is C16H16ClFN2S. The molecule has 0 aromatic heterocycles. The number of hydrogen-bond donors (Lipinski definition) is 1. The zero-order valence-corrected chi connectivity index (χ0v) is 13.2. The Labute approximate surface area is 134 Å². The Balaban J connectivity index is 2.10. The lowest BCUT2D eigenvalue weighted by atomic mass is 10.1. The van der Waals surface area contributed by atoms with Crippen LogP contribution < -0.4 is 5.73 Å². The Hall–Kier alpha value is -1.49. The Bertz CT molecular complexity index is 640. The zero-order valence-electron chi connectivity index (χ0n) is 11.6. The van der Waals surface area contributed by atoms with Crippen LogP contribution in [0.5, 0.6) is 0 Å². The first-order chi connectivity index (χ1) is 9.97. The van der Waals surface area contributed by atoms with Crippen LogP contribution in [0.15, 0.2) is 42.5 Å². The highest BCUT2D eigenvalue weighted by Crippen LogP contribution is 2.21. The standard InChI is InChI=1S/C16H16ClFN2S/c1-20(10-13-14(17)6-3-7-15(13)18)9-11-4-2-5-12(8-11)16(19)21/h2-8H,9-10H2,1H3,(H2,19,21). The van der Waals surface area contributed by atoms with Crippen LogP contribution in [-0.2, 0) is 13.1 Å². The van der Waals surface area contributed by atoms with Crippen LogP contribution in [0.25, 0.3) is 0 Å². The van der Waals surface area contributed by atoms with E-state index in [0.717, 1.165) is 11.1 Å².